The van der Waals surface area contributed by atoms with Crippen molar-refractivity contribution < 1.29 is 9.53 Å². The molecule has 26 heavy (non-hydrogen) atoms. The van der Waals surface area contributed by atoms with E-state index in [1.807, 2.05) is 36.4 Å². The minimum absolute atomic E-state index is 0.129. The summed E-state index contributed by atoms with van der Waals surface area (Å²) in [5.74, 6) is 1.47. The predicted octanol–water partition coefficient (Wildman–Crippen LogP) is 3.33. The third-order valence-corrected chi connectivity index (χ3v) is 3.34. The quantitative estimate of drug-likeness (QED) is 0.627. The number of nitrogens with one attached hydrogen (secondary N) is 3. The van der Waals surface area contributed by atoms with Crippen molar-refractivity contribution in [2.75, 3.05) is 23.1 Å². The molecule has 0 saturated heterocycles. The molecule has 1 heterocycles. The van der Waals surface area contributed by atoms with E-state index in [-0.39, 0.29) is 5.91 Å². The molecule has 0 bridgehead atoms. The number of amides is 1. The lowest BCUT2D eigenvalue weighted by molar-refractivity contribution is -0.114. The Labute approximate surface area is 150 Å². The van der Waals surface area contributed by atoms with Crippen molar-refractivity contribution in [2.24, 2.45) is 0 Å². The summed E-state index contributed by atoms with van der Waals surface area (Å²) in [4.78, 5) is 15.6. The van der Waals surface area contributed by atoms with Crippen LogP contribution in [0.4, 0.5) is 28.8 Å². The van der Waals surface area contributed by atoms with Crippen LogP contribution in [0.25, 0.3) is 0 Å². The van der Waals surface area contributed by atoms with Crippen LogP contribution in [0.3, 0.4) is 0 Å². The molecule has 3 aromatic rings. The topological polar surface area (TPSA) is 101 Å². The van der Waals surface area contributed by atoms with Crippen LogP contribution in [0.15, 0.2) is 54.7 Å². The number of methoxy groups -OCH3 is 1. The minimum atomic E-state index is -0.129. The fourth-order valence-corrected chi connectivity index (χ4v) is 2.27. The highest BCUT2D eigenvalue weighted by molar-refractivity contribution is 5.89. The summed E-state index contributed by atoms with van der Waals surface area (Å²) in [7, 11) is 1.61. The zero-order valence-corrected chi connectivity index (χ0v) is 14.4. The molecule has 0 atom stereocenters. The van der Waals surface area contributed by atoms with Crippen LogP contribution in [-0.4, -0.2) is 28.2 Å². The van der Waals surface area contributed by atoms with Crippen molar-refractivity contribution in [1.29, 1.82) is 0 Å². The van der Waals surface area contributed by atoms with Gasteiger partial charge in [-0.05, 0) is 30.3 Å². The monoisotopic (exact) mass is 350 g/mol. The molecule has 132 valence electrons. The van der Waals surface area contributed by atoms with Gasteiger partial charge in [0.1, 0.15) is 5.75 Å². The Bertz CT molecular complexity index is 915. The maximum absolute atomic E-state index is 11.2. The summed E-state index contributed by atoms with van der Waals surface area (Å²) < 4.78 is 5.20. The van der Waals surface area contributed by atoms with Gasteiger partial charge in [-0.15, -0.1) is 5.10 Å². The summed E-state index contributed by atoms with van der Waals surface area (Å²) >= 11 is 0. The second-order valence-electron chi connectivity index (χ2n) is 5.41. The molecule has 8 nitrogen and oxygen atoms in total. The molecule has 0 aliphatic carbocycles. The van der Waals surface area contributed by atoms with Crippen molar-refractivity contribution in [3.8, 4) is 5.75 Å². The van der Waals surface area contributed by atoms with E-state index in [1.54, 1.807) is 19.2 Å². The molecule has 0 fully saturated rings. The van der Waals surface area contributed by atoms with Crippen molar-refractivity contribution in [3.63, 3.8) is 0 Å². The highest BCUT2D eigenvalue weighted by Crippen LogP contribution is 2.21. The number of nitrogens with zero attached hydrogens (tertiary/aromatic N) is 3. The fourth-order valence-electron chi connectivity index (χ4n) is 2.27. The van der Waals surface area contributed by atoms with Gasteiger partial charge >= 0.3 is 0 Å². The van der Waals surface area contributed by atoms with Gasteiger partial charge in [-0.25, -0.2) is 0 Å². The first-order valence-electron chi connectivity index (χ1n) is 7.88. The van der Waals surface area contributed by atoms with Crippen molar-refractivity contribution in [3.05, 3.63) is 54.7 Å². The molecule has 0 radical (unpaired) electrons. The van der Waals surface area contributed by atoms with E-state index < -0.39 is 0 Å². The number of hydrogen-bond acceptors (Lipinski definition) is 7. The first-order chi connectivity index (χ1) is 12.6. The number of rotatable bonds is 6. The van der Waals surface area contributed by atoms with E-state index in [4.69, 9.17) is 4.74 Å². The van der Waals surface area contributed by atoms with Gasteiger partial charge in [0.15, 0.2) is 5.82 Å². The molecule has 1 amide bonds. The standard InChI is InChI=1S/C18H18N6O2/c1-12(25)20-13-5-3-6-14(9-13)21-17-11-19-24-18(23-17)22-15-7-4-8-16(10-15)26-2/h3-11H,1-2H3,(H,20,25)(H2,21,22,23,24). The average molecular weight is 350 g/mol. The molecule has 3 rings (SSSR count). The van der Waals surface area contributed by atoms with Gasteiger partial charge in [-0.1, -0.05) is 12.1 Å². The summed E-state index contributed by atoms with van der Waals surface area (Å²) in [6.07, 6.45) is 1.52. The van der Waals surface area contributed by atoms with Gasteiger partial charge in [0.2, 0.25) is 11.9 Å². The summed E-state index contributed by atoms with van der Waals surface area (Å²) in [5, 5.41) is 16.9. The lowest BCUT2D eigenvalue weighted by Gasteiger charge is -2.09. The van der Waals surface area contributed by atoms with Crippen molar-refractivity contribution in [1.82, 2.24) is 15.2 Å². The molecule has 0 aliphatic rings. The number of hydrogen-bond donors (Lipinski definition) is 3. The molecule has 0 saturated carbocycles. The van der Waals surface area contributed by atoms with E-state index in [1.165, 1.54) is 13.1 Å². The largest absolute Gasteiger partial charge is 0.497 e. The van der Waals surface area contributed by atoms with Gasteiger partial charge in [-0.3, -0.25) is 4.79 Å². The molecule has 3 N–H and O–H groups in total. The van der Waals surface area contributed by atoms with E-state index in [0.717, 1.165) is 17.1 Å². The molecule has 0 spiro atoms. The van der Waals surface area contributed by atoms with Gasteiger partial charge < -0.3 is 20.7 Å². The van der Waals surface area contributed by atoms with Crippen molar-refractivity contribution in [2.45, 2.75) is 6.92 Å². The average Bonchev–Trinajstić information content (AvgIpc) is 2.62. The van der Waals surface area contributed by atoms with Crippen LogP contribution >= 0.6 is 0 Å². The third kappa shape index (κ3) is 4.67. The lowest BCUT2D eigenvalue weighted by Crippen LogP contribution is -2.06. The molecular formula is C18H18N6O2. The van der Waals surface area contributed by atoms with Crippen LogP contribution < -0.4 is 20.7 Å². The Balaban J connectivity index is 1.74. The smallest absolute Gasteiger partial charge is 0.249 e. The maximum Gasteiger partial charge on any atom is 0.249 e. The molecule has 2 aromatic carbocycles. The Morgan fingerprint density at radius 3 is 2.50 bits per heavy atom. The number of anilines is 5. The SMILES string of the molecule is COc1cccc(Nc2nncc(Nc3cccc(NC(C)=O)c3)n2)c1. The zero-order valence-electron chi connectivity index (χ0n) is 14.4. The number of ether oxygens (including phenoxy) is 1. The Hall–Kier alpha value is -3.68. The second kappa shape index (κ2) is 7.93. The third-order valence-electron chi connectivity index (χ3n) is 3.34. The van der Waals surface area contributed by atoms with Crippen molar-refractivity contribution >= 4 is 34.7 Å². The van der Waals surface area contributed by atoms with Gasteiger partial charge in [0.05, 0.1) is 13.3 Å². The van der Waals surface area contributed by atoms with Crippen LogP contribution in [0.1, 0.15) is 6.92 Å². The Kier molecular flexibility index (Phi) is 5.23. The second-order valence-corrected chi connectivity index (χ2v) is 5.41. The highest BCUT2D eigenvalue weighted by atomic mass is 16.5. The molecule has 0 unspecified atom stereocenters. The zero-order chi connectivity index (χ0) is 18.4. The Morgan fingerprint density at radius 2 is 1.73 bits per heavy atom. The van der Waals surface area contributed by atoms with E-state index in [0.29, 0.717) is 17.5 Å². The Morgan fingerprint density at radius 1 is 1.00 bits per heavy atom. The normalized spacial score (nSPS) is 10.1. The lowest BCUT2D eigenvalue weighted by atomic mass is 10.2. The highest BCUT2D eigenvalue weighted by Gasteiger charge is 2.04. The first kappa shape index (κ1) is 17.2. The molecule has 0 aliphatic heterocycles. The van der Waals surface area contributed by atoms with E-state index in [2.05, 4.69) is 31.1 Å². The van der Waals surface area contributed by atoms with Gasteiger partial charge in [0, 0.05) is 30.1 Å². The number of carbonyl (C=O) groups excluding carboxylic acids is 1. The van der Waals surface area contributed by atoms with Gasteiger partial charge in [0.25, 0.3) is 0 Å². The fraction of sp³-hybridized carbons (Fsp3) is 0.111. The molecule has 1 aromatic heterocycles. The number of benzene rings is 2. The molecular weight excluding hydrogens is 332 g/mol. The summed E-state index contributed by atoms with van der Waals surface area (Å²) in [6, 6.07) is 14.7. The van der Waals surface area contributed by atoms with Crippen LogP contribution in [0, 0.1) is 0 Å². The molecule has 8 heteroatoms. The number of carbonyl (C=O) groups is 1. The maximum atomic E-state index is 11.2. The van der Waals surface area contributed by atoms with E-state index in [9.17, 15) is 4.79 Å². The van der Waals surface area contributed by atoms with Crippen LogP contribution in [0.5, 0.6) is 5.75 Å². The van der Waals surface area contributed by atoms with E-state index >= 15 is 0 Å². The van der Waals surface area contributed by atoms with Crippen LogP contribution in [0.2, 0.25) is 0 Å². The first-order valence-corrected chi connectivity index (χ1v) is 7.88. The summed E-state index contributed by atoms with van der Waals surface area (Å²) in [6.45, 7) is 1.46. The van der Waals surface area contributed by atoms with Gasteiger partial charge in [-0.2, -0.15) is 10.1 Å². The predicted molar refractivity (Wildman–Crippen MR) is 100 cm³/mol. The minimum Gasteiger partial charge on any atom is -0.497 e. The number of aromatic nitrogens is 3. The summed E-state index contributed by atoms with van der Waals surface area (Å²) in [5.41, 5.74) is 2.25. The van der Waals surface area contributed by atoms with Crippen LogP contribution in [-0.2, 0) is 4.79 Å².